The lowest BCUT2D eigenvalue weighted by Crippen LogP contribution is -1.91. The van der Waals surface area contributed by atoms with Crippen molar-refractivity contribution >= 4 is 43.5 Å². The summed E-state index contributed by atoms with van der Waals surface area (Å²) in [5.41, 5.74) is 6.62. The Morgan fingerprint density at radius 1 is 0.378 bits per heavy atom. The molecule has 9 aromatic rings. The Labute approximate surface area is 270 Å². The average molecular weight is 579 g/mol. The quantitative estimate of drug-likeness (QED) is 0.189. The zero-order valence-corrected chi connectivity index (χ0v) is 24.1. The van der Waals surface area contributed by atoms with Gasteiger partial charge in [-0.25, -0.2) is 0 Å². The number of furan rings is 1. The van der Waals surface area contributed by atoms with E-state index in [4.69, 9.17) is 11.3 Å². The highest BCUT2D eigenvalue weighted by molar-refractivity contribution is 6.26. The number of benzene rings is 8. The van der Waals surface area contributed by atoms with Crippen LogP contribution in [0.1, 0.15) is 8.22 Å². The number of hydrogen-bond acceptors (Lipinski definition) is 1. The van der Waals surface area contributed by atoms with Gasteiger partial charge >= 0.3 is 0 Å². The number of hydrogen-bond donors (Lipinski definition) is 0. The molecular formula is C44H28O. The molecule has 0 saturated carbocycles. The third-order valence-electron chi connectivity index (χ3n) is 8.65. The molecule has 9 rings (SSSR count). The third kappa shape index (κ3) is 4.09. The van der Waals surface area contributed by atoms with E-state index in [0.717, 1.165) is 43.8 Å². The fourth-order valence-electron chi connectivity index (χ4n) is 6.64. The molecule has 0 aliphatic carbocycles. The molecule has 210 valence electrons. The van der Waals surface area contributed by atoms with Gasteiger partial charge in [0.2, 0.25) is 0 Å². The maximum atomic E-state index is 9.43. The fraction of sp³-hybridized carbons (Fsp3) is 0. The van der Waals surface area contributed by atoms with Crippen molar-refractivity contribution in [3.8, 4) is 44.5 Å². The molecule has 1 heteroatoms. The summed E-state index contributed by atoms with van der Waals surface area (Å²) in [7, 11) is 0. The molecule has 0 aliphatic rings. The predicted octanol–water partition coefficient (Wildman–Crippen LogP) is 12.6. The SMILES string of the molecule is [2H]c1c([2H])c(-c2c3ccccc3c(-c3ccc(-c4ccccc4)cc3)c3ccccc23)c2c(oc3c(-c4ccccc4)c([2H])c([2H])c([2H])c32)c1[2H]. The van der Waals surface area contributed by atoms with Crippen LogP contribution in [-0.2, 0) is 0 Å². The lowest BCUT2D eigenvalue weighted by atomic mass is 9.84. The fourth-order valence-corrected chi connectivity index (χ4v) is 6.64. The molecular weight excluding hydrogens is 544 g/mol. The first-order chi connectivity index (χ1) is 24.8. The molecule has 0 atom stereocenters. The van der Waals surface area contributed by atoms with Crippen LogP contribution in [0.25, 0.3) is 88.0 Å². The van der Waals surface area contributed by atoms with Crippen LogP contribution in [-0.4, -0.2) is 0 Å². The van der Waals surface area contributed by atoms with Crippen LogP contribution in [0.5, 0.6) is 0 Å². The maximum absolute atomic E-state index is 9.43. The summed E-state index contributed by atoms with van der Waals surface area (Å²) in [5.74, 6) is 0. The van der Waals surface area contributed by atoms with Crippen molar-refractivity contribution in [1.82, 2.24) is 0 Å². The van der Waals surface area contributed by atoms with Gasteiger partial charge in [0.15, 0.2) is 0 Å². The molecule has 0 saturated heterocycles. The monoisotopic (exact) mass is 578 g/mol. The second kappa shape index (κ2) is 10.4. The van der Waals surface area contributed by atoms with Crippen molar-refractivity contribution in [1.29, 1.82) is 0 Å². The van der Waals surface area contributed by atoms with E-state index >= 15 is 0 Å². The maximum Gasteiger partial charge on any atom is 0.143 e. The molecule has 0 fully saturated rings. The molecule has 1 nitrogen and oxygen atoms in total. The van der Waals surface area contributed by atoms with E-state index in [1.807, 2.05) is 84.9 Å². The zero-order chi connectivity index (χ0) is 35.0. The number of rotatable bonds is 4. The van der Waals surface area contributed by atoms with Gasteiger partial charge in [-0.3, -0.25) is 0 Å². The van der Waals surface area contributed by atoms with Crippen molar-refractivity contribution in [2.75, 3.05) is 0 Å². The predicted molar refractivity (Wildman–Crippen MR) is 190 cm³/mol. The van der Waals surface area contributed by atoms with Gasteiger partial charge in [-0.15, -0.1) is 0 Å². The minimum atomic E-state index is -0.296. The van der Waals surface area contributed by atoms with Gasteiger partial charge in [-0.05, 0) is 66.5 Å². The molecule has 1 heterocycles. The van der Waals surface area contributed by atoms with E-state index in [9.17, 15) is 1.37 Å². The van der Waals surface area contributed by atoms with Crippen molar-refractivity contribution in [2.45, 2.75) is 0 Å². The first kappa shape index (κ1) is 20.1. The van der Waals surface area contributed by atoms with Crippen LogP contribution in [0, 0.1) is 0 Å². The summed E-state index contributed by atoms with van der Waals surface area (Å²) >= 11 is 0. The van der Waals surface area contributed by atoms with Gasteiger partial charge in [0.05, 0.1) is 8.22 Å². The van der Waals surface area contributed by atoms with Crippen molar-refractivity contribution in [3.63, 3.8) is 0 Å². The minimum Gasteiger partial charge on any atom is -0.455 e. The Kier molecular flexibility index (Phi) is 4.63. The lowest BCUT2D eigenvalue weighted by molar-refractivity contribution is 0.670. The second-order valence-electron chi connectivity index (χ2n) is 11.2. The van der Waals surface area contributed by atoms with Crippen LogP contribution in [0.4, 0.5) is 0 Å². The Balaban J connectivity index is 1.42. The third-order valence-corrected chi connectivity index (χ3v) is 8.65. The summed E-state index contributed by atoms with van der Waals surface area (Å²) in [5, 5.41) is 4.19. The summed E-state index contributed by atoms with van der Waals surface area (Å²) in [6.07, 6.45) is 0. The standard InChI is InChI=1S/C44H28O/c1-3-13-29(14-4-1)30-25-27-32(28-26-30)41-34-17-7-9-19-36(34)42(37-20-10-8-18-35(37)41)38-22-12-24-40-43(38)39-23-11-21-33(44(39)45-40)31-15-5-2-6-16-31/h1-28H/i11D,12D,21D,22D,23D,24D. The van der Waals surface area contributed by atoms with Crippen molar-refractivity contribution in [2.24, 2.45) is 0 Å². The Bertz CT molecular complexity index is 2790. The van der Waals surface area contributed by atoms with Crippen LogP contribution in [0.2, 0.25) is 0 Å². The van der Waals surface area contributed by atoms with Gasteiger partial charge < -0.3 is 4.42 Å². The lowest BCUT2D eigenvalue weighted by Gasteiger charge is -2.18. The molecule has 0 spiro atoms. The summed E-state index contributed by atoms with van der Waals surface area (Å²) in [6, 6.07) is 42.7. The minimum absolute atomic E-state index is 0.0606. The molecule has 0 amide bonds. The van der Waals surface area contributed by atoms with Gasteiger partial charge in [0.1, 0.15) is 11.2 Å². The van der Waals surface area contributed by atoms with Gasteiger partial charge in [0.25, 0.3) is 0 Å². The van der Waals surface area contributed by atoms with E-state index in [0.29, 0.717) is 27.6 Å². The largest absolute Gasteiger partial charge is 0.455 e. The molecule has 0 radical (unpaired) electrons. The molecule has 0 aliphatic heterocycles. The summed E-state index contributed by atoms with van der Waals surface area (Å²) in [6.45, 7) is 0. The smallest absolute Gasteiger partial charge is 0.143 e. The molecule has 0 N–H and O–H groups in total. The van der Waals surface area contributed by atoms with Gasteiger partial charge in [0, 0.05) is 16.3 Å². The molecule has 45 heavy (non-hydrogen) atoms. The normalized spacial score (nSPS) is 13.4. The highest BCUT2D eigenvalue weighted by Crippen LogP contribution is 2.47. The van der Waals surface area contributed by atoms with Gasteiger partial charge in [-0.1, -0.05) is 164 Å². The van der Waals surface area contributed by atoms with E-state index < -0.39 is 0 Å². The van der Waals surface area contributed by atoms with Crippen molar-refractivity contribution < 1.29 is 12.6 Å². The van der Waals surface area contributed by atoms with Crippen LogP contribution in [0.3, 0.4) is 0 Å². The van der Waals surface area contributed by atoms with Crippen molar-refractivity contribution in [3.05, 3.63) is 170 Å². The highest BCUT2D eigenvalue weighted by Gasteiger charge is 2.21. The molecule has 8 aromatic carbocycles. The summed E-state index contributed by atoms with van der Waals surface area (Å²) in [4.78, 5) is 0. The van der Waals surface area contributed by atoms with Gasteiger partial charge in [-0.2, -0.15) is 0 Å². The summed E-state index contributed by atoms with van der Waals surface area (Å²) < 4.78 is 60.7. The number of para-hydroxylation sites is 1. The second-order valence-corrected chi connectivity index (χ2v) is 11.2. The Morgan fingerprint density at radius 3 is 1.51 bits per heavy atom. The average Bonchev–Trinajstić information content (AvgIpc) is 3.57. The molecule has 0 unspecified atom stereocenters. The van der Waals surface area contributed by atoms with Crippen LogP contribution >= 0.6 is 0 Å². The topological polar surface area (TPSA) is 13.1 Å². The van der Waals surface area contributed by atoms with E-state index in [2.05, 4.69) is 48.5 Å². The first-order valence-corrected chi connectivity index (χ1v) is 15.0. The van der Waals surface area contributed by atoms with E-state index in [1.165, 1.54) is 0 Å². The zero-order valence-electron chi connectivity index (χ0n) is 30.1. The van der Waals surface area contributed by atoms with E-state index in [1.54, 1.807) is 0 Å². The van der Waals surface area contributed by atoms with Crippen LogP contribution in [0.15, 0.2) is 174 Å². The Morgan fingerprint density at radius 2 is 0.867 bits per heavy atom. The highest BCUT2D eigenvalue weighted by atomic mass is 16.3. The first-order valence-electron chi connectivity index (χ1n) is 18.0. The Hall–Kier alpha value is -5.92. The van der Waals surface area contributed by atoms with Crippen LogP contribution < -0.4 is 0 Å². The number of fused-ring (bicyclic) bond motifs is 5. The molecule has 1 aromatic heterocycles. The molecule has 0 bridgehead atoms. The van der Waals surface area contributed by atoms with E-state index in [-0.39, 0.29) is 52.8 Å².